The van der Waals surface area contributed by atoms with Crippen molar-refractivity contribution in [2.24, 2.45) is 5.92 Å². The number of carbonyl (C=O) groups is 2. The number of halogens is 1. The predicted octanol–water partition coefficient (Wildman–Crippen LogP) is 3.64. The van der Waals surface area contributed by atoms with Crippen LogP contribution in [0.1, 0.15) is 46.9 Å². The minimum Gasteiger partial charge on any atom is -0.293 e. The van der Waals surface area contributed by atoms with Crippen molar-refractivity contribution in [2.75, 3.05) is 0 Å². The van der Waals surface area contributed by atoms with Crippen molar-refractivity contribution in [1.29, 1.82) is 0 Å². The van der Waals surface area contributed by atoms with E-state index in [1.165, 1.54) is 0 Å². The Balaban J connectivity index is 2.08. The molecule has 1 aliphatic carbocycles. The van der Waals surface area contributed by atoms with Crippen LogP contribution >= 0.6 is 15.9 Å². The van der Waals surface area contributed by atoms with E-state index in [4.69, 9.17) is 0 Å². The lowest BCUT2D eigenvalue weighted by Gasteiger charge is -2.07. The second-order valence-electron chi connectivity index (χ2n) is 4.54. The molecule has 1 aliphatic rings. The Morgan fingerprint density at radius 1 is 1.18 bits per heavy atom. The summed E-state index contributed by atoms with van der Waals surface area (Å²) in [5.74, 6) is -0.417. The molecule has 90 valence electrons. The molecular formula is C14H15BrO2. The van der Waals surface area contributed by atoms with E-state index >= 15 is 0 Å². The van der Waals surface area contributed by atoms with E-state index in [0.29, 0.717) is 22.4 Å². The van der Waals surface area contributed by atoms with E-state index in [2.05, 4.69) is 22.9 Å². The van der Waals surface area contributed by atoms with Gasteiger partial charge in [0.25, 0.3) is 0 Å². The molecule has 3 heteroatoms. The van der Waals surface area contributed by atoms with E-state index in [9.17, 15) is 9.59 Å². The van der Waals surface area contributed by atoms with Gasteiger partial charge in [0, 0.05) is 16.0 Å². The van der Waals surface area contributed by atoms with Crippen molar-refractivity contribution in [1.82, 2.24) is 0 Å². The van der Waals surface area contributed by atoms with Gasteiger partial charge in [-0.2, -0.15) is 0 Å². The van der Waals surface area contributed by atoms with Gasteiger partial charge in [-0.25, -0.2) is 0 Å². The molecule has 1 aromatic rings. The van der Waals surface area contributed by atoms with Crippen molar-refractivity contribution in [3.05, 3.63) is 35.4 Å². The molecule has 0 bridgehead atoms. The summed E-state index contributed by atoms with van der Waals surface area (Å²) in [7, 11) is 0. The summed E-state index contributed by atoms with van der Waals surface area (Å²) in [5, 5.41) is 0. The van der Waals surface area contributed by atoms with Crippen molar-refractivity contribution in [3.63, 3.8) is 0 Å². The average Bonchev–Trinajstić information content (AvgIpc) is 2.54. The number of alkyl halides is 1. The topological polar surface area (TPSA) is 34.1 Å². The smallest absolute Gasteiger partial charge is 0.174 e. The average molecular weight is 295 g/mol. The van der Waals surface area contributed by atoms with Crippen LogP contribution in [0.15, 0.2) is 24.3 Å². The fourth-order valence-corrected chi connectivity index (χ4v) is 2.60. The zero-order valence-electron chi connectivity index (χ0n) is 9.78. The van der Waals surface area contributed by atoms with Gasteiger partial charge in [0.1, 0.15) is 0 Å². The summed E-state index contributed by atoms with van der Waals surface area (Å²) in [4.78, 5) is 24.5. The van der Waals surface area contributed by atoms with Gasteiger partial charge < -0.3 is 0 Å². The zero-order valence-corrected chi connectivity index (χ0v) is 11.4. The van der Waals surface area contributed by atoms with Crippen molar-refractivity contribution in [2.45, 2.75) is 31.0 Å². The number of fused-ring (bicyclic) bond motifs is 1. The standard InChI is InChI=1S/C14H15BrO2/c1-9(15)5-4-8-12-13(16)10-6-2-3-7-11(10)14(12)17/h2-3,6-7,9,12H,4-5,8H2,1H3. The number of ketones is 2. The Bertz CT molecular complexity index is 416. The number of rotatable bonds is 4. The van der Waals surface area contributed by atoms with E-state index in [1.54, 1.807) is 12.1 Å². The van der Waals surface area contributed by atoms with Gasteiger partial charge in [-0.1, -0.05) is 53.5 Å². The predicted molar refractivity (Wildman–Crippen MR) is 70.8 cm³/mol. The molecule has 2 rings (SSSR count). The molecule has 0 amide bonds. The summed E-state index contributed by atoms with van der Waals surface area (Å²) in [6, 6.07) is 7.13. The van der Waals surface area contributed by atoms with Gasteiger partial charge in [0.2, 0.25) is 0 Å². The Hall–Kier alpha value is -0.960. The molecular weight excluding hydrogens is 280 g/mol. The summed E-state index contributed by atoms with van der Waals surface area (Å²) in [5.41, 5.74) is 1.21. The summed E-state index contributed by atoms with van der Waals surface area (Å²) in [6.07, 6.45) is 2.57. The highest BCUT2D eigenvalue weighted by Gasteiger charge is 2.37. The molecule has 0 aliphatic heterocycles. The summed E-state index contributed by atoms with van der Waals surface area (Å²) in [6.45, 7) is 2.08. The maximum atomic E-state index is 12.1. The number of carbonyl (C=O) groups excluding carboxylic acids is 2. The van der Waals surface area contributed by atoms with Crippen molar-refractivity contribution >= 4 is 27.5 Å². The maximum Gasteiger partial charge on any atom is 0.174 e. The Morgan fingerprint density at radius 2 is 1.71 bits per heavy atom. The first-order valence-electron chi connectivity index (χ1n) is 5.93. The third-order valence-corrected chi connectivity index (χ3v) is 3.64. The highest BCUT2D eigenvalue weighted by molar-refractivity contribution is 9.09. The molecule has 0 saturated carbocycles. The third kappa shape index (κ3) is 2.49. The van der Waals surface area contributed by atoms with Crippen molar-refractivity contribution < 1.29 is 9.59 Å². The molecule has 0 spiro atoms. The fourth-order valence-electron chi connectivity index (χ4n) is 2.27. The van der Waals surface area contributed by atoms with Crippen LogP contribution in [0.5, 0.6) is 0 Å². The van der Waals surface area contributed by atoms with Crippen LogP contribution in [0, 0.1) is 5.92 Å². The molecule has 1 aromatic carbocycles. The largest absolute Gasteiger partial charge is 0.293 e. The SMILES string of the molecule is CC(Br)CCCC1C(=O)c2ccccc2C1=O. The molecule has 0 heterocycles. The molecule has 1 atom stereocenters. The Kier molecular flexibility index (Phi) is 3.77. The highest BCUT2D eigenvalue weighted by Crippen LogP contribution is 2.30. The van der Waals surface area contributed by atoms with Gasteiger partial charge in [0.05, 0.1) is 5.92 Å². The summed E-state index contributed by atoms with van der Waals surface area (Å²) < 4.78 is 0. The Labute approximate surface area is 110 Å². The molecule has 0 N–H and O–H groups in total. The zero-order chi connectivity index (χ0) is 12.4. The lowest BCUT2D eigenvalue weighted by Crippen LogP contribution is -2.15. The molecule has 1 unspecified atom stereocenters. The van der Waals surface area contributed by atoms with Gasteiger partial charge in [-0.15, -0.1) is 0 Å². The molecule has 2 nitrogen and oxygen atoms in total. The first-order valence-corrected chi connectivity index (χ1v) is 6.84. The Morgan fingerprint density at radius 3 is 2.18 bits per heavy atom. The van der Waals surface area contributed by atoms with Crippen LogP contribution in [0.2, 0.25) is 0 Å². The highest BCUT2D eigenvalue weighted by atomic mass is 79.9. The third-order valence-electron chi connectivity index (χ3n) is 3.19. The van der Waals surface area contributed by atoms with Crippen LogP contribution in [0.25, 0.3) is 0 Å². The van der Waals surface area contributed by atoms with Crippen LogP contribution < -0.4 is 0 Å². The summed E-state index contributed by atoms with van der Waals surface area (Å²) >= 11 is 3.47. The van der Waals surface area contributed by atoms with Gasteiger partial charge in [-0.3, -0.25) is 9.59 Å². The first kappa shape index (κ1) is 12.5. The number of benzene rings is 1. The second-order valence-corrected chi connectivity index (χ2v) is 6.10. The first-order chi connectivity index (χ1) is 8.11. The normalized spacial score (nSPS) is 17.3. The lowest BCUT2D eigenvalue weighted by molar-refractivity contribution is 0.0829. The fraction of sp³-hybridized carbons (Fsp3) is 0.429. The van der Waals surface area contributed by atoms with Gasteiger partial charge >= 0.3 is 0 Å². The van der Waals surface area contributed by atoms with Crippen LogP contribution in [-0.2, 0) is 0 Å². The van der Waals surface area contributed by atoms with Crippen LogP contribution in [0.4, 0.5) is 0 Å². The van der Waals surface area contributed by atoms with E-state index in [1.807, 2.05) is 12.1 Å². The quantitative estimate of drug-likeness (QED) is 0.628. The van der Waals surface area contributed by atoms with E-state index < -0.39 is 5.92 Å². The second kappa shape index (κ2) is 5.13. The lowest BCUT2D eigenvalue weighted by atomic mass is 9.96. The van der Waals surface area contributed by atoms with E-state index in [0.717, 1.165) is 12.8 Å². The molecule has 0 fully saturated rings. The molecule has 17 heavy (non-hydrogen) atoms. The molecule has 0 saturated heterocycles. The van der Waals surface area contributed by atoms with Gasteiger partial charge in [-0.05, 0) is 12.8 Å². The maximum absolute atomic E-state index is 12.1. The van der Waals surface area contributed by atoms with Crippen LogP contribution in [0.3, 0.4) is 0 Å². The molecule has 0 radical (unpaired) electrons. The monoisotopic (exact) mass is 294 g/mol. The van der Waals surface area contributed by atoms with E-state index in [-0.39, 0.29) is 11.6 Å². The van der Waals surface area contributed by atoms with Gasteiger partial charge in [0.15, 0.2) is 11.6 Å². The minimum atomic E-state index is -0.432. The number of hydrogen-bond acceptors (Lipinski definition) is 2. The minimum absolute atomic E-state index is 0.00725. The van der Waals surface area contributed by atoms with Crippen LogP contribution in [-0.4, -0.2) is 16.4 Å². The number of Topliss-reactive ketones (excluding diaryl/α,β-unsaturated/α-hetero) is 2. The van der Waals surface area contributed by atoms with Crippen molar-refractivity contribution in [3.8, 4) is 0 Å². The number of hydrogen-bond donors (Lipinski definition) is 0. The molecule has 0 aromatic heterocycles.